The summed E-state index contributed by atoms with van der Waals surface area (Å²) in [6.45, 7) is 3.10. The van der Waals surface area contributed by atoms with Crippen molar-refractivity contribution in [3.63, 3.8) is 0 Å². The maximum atomic E-state index is 12.4. The third-order valence-electron chi connectivity index (χ3n) is 3.76. The lowest BCUT2D eigenvalue weighted by atomic mass is 10.1. The van der Waals surface area contributed by atoms with E-state index in [1.807, 2.05) is 6.92 Å². The van der Waals surface area contributed by atoms with E-state index in [-0.39, 0.29) is 12.0 Å². The molecule has 2 aromatic heterocycles. The lowest BCUT2D eigenvalue weighted by molar-refractivity contribution is 0.0589. The molecule has 0 bridgehead atoms. The Balaban J connectivity index is 1.57. The smallest absolute Gasteiger partial charge is 0.274 e. The molecule has 1 aliphatic rings. The highest BCUT2D eigenvalue weighted by Gasteiger charge is 2.25. The molecule has 0 radical (unpaired) electrons. The van der Waals surface area contributed by atoms with Crippen LogP contribution in [0.5, 0.6) is 5.75 Å². The van der Waals surface area contributed by atoms with E-state index in [4.69, 9.17) is 16.3 Å². The van der Waals surface area contributed by atoms with Crippen LogP contribution in [0.1, 0.15) is 29.0 Å². The van der Waals surface area contributed by atoms with Crippen molar-refractivity contribution in [2.24, 2.45) is 0 Å². The van der Waals surface area contributed by atoms with Crippen molar-refractivity contribution in [1.82, 2.24) is 19.9 Å². The second kappa shape index (κ2) is 6.91. The average molecular weight is 333 g/mol. The van der Waals surface area contributed by atoms with Gasteiger partial charge in [0.05, 0.1) is 11.9 Å². The van der Waals surface area contributed by atoms with Gasteiger partial charge in [0.2, 0.25) is 0 Å². The van der Waals surface area contributed by atoms with Crippen LogP contribution >= 0.6 is 11.6 Å². The van der Waals surface area contributed by atoms with Crippen LogP contribution in [0.2, 0.25) is 5.02 Å². The standard InChI is InChI=1S/C16H17ClN4O2/c1-11-8-20-14(10-19-11)16(22)21-6-3-12(4-7-21)23-15-2-5-18-9-13(15)17/h2,5,8-10,12H,3-4,6-7H2,1H3. The Morgan fingerprint density at radius 2 is 2.04 bits per heavy atom. The van der Waals surface area contributed by atoms with Gasteiger partial charge in [-0.3, -0.25) is 14.8 Å². The van der Waals surface area contributed by atoms with E-state index < -0.39 is 0 Å². The van der Waals surface area contributed by atoms with Crippen molar-refractivity contribution in [1.29, 1.82) is 0 Å². The fraction of sp³-hybridized carbons (Fsp3) is 0.375. The predicted molar refractivity (Wildman–Crippen MR) is 85.6 cm³/mol. The molecule has 0 aliphatic carbocycles. The summed E-state index contributed by atoms with van der Waals surface area (Å²) in [6.07, 6.45) is 7.89. The number of amides is 1. The molecule has 6 nitrogen and oxygen atoms in total. The second-order valence-electron chi connectivity index (χ2n) is 5.46. The number of rotatable bonds is 3. The number of pyridine rings is 1. The van der Waals surface area contributed by atoms with Gasteiger partial charge in [-0.15, -0.1) is 0 Å². The van der Waals surface area contributed by atoms with Gasteiger partial charge >= 0.3 is 0 Å². The summed E-state index contributed by atoms with van der Waals surface area (Å²) in [5.41, 5.74) is 1.18. The van der Waals surface area contributed by atoms with Gasteiger partial charge in [-0.2, -0.15) is 0 Å². The first-order valence-corrected chi connectivity index (χ1v) is 7.85. The number of hydrogen-bond acceptors (Lipinski definition) is 5. The minimum Gasteiger partial charge on any atom is -0.489 e. The molecule has 3 rings (SSSR count). The number of ether oxygens (including phenoxy) is 1. The van der Waals surface area contributed by atoms with Crippen molar-refractivity contribution in [2.45, 2.75) is 25.9 Å². The molecule has 0 N–H and O–H groups in total. The summed E-state index contributed by atoms with van der Waals surface area (Å²) in [5.74, 6) is 0.550. The molecule has 2 aromatic rings. The zero-order chi connectivity index (χ0) is 16.2. The number of hydrogen-bond donors (Lipinski definition) is 0. The molecule has 1 saturated heterocycles. The molecule has 0 spiro atoms. The minimum absolute atomic E-state index is 0.0445. The first-order valence-electron chi connectivity index (χ1n) is 7.47. The van der Waals surface area contributed by atoms with E-state index in [0.29, 0.717) is 29.6 Å². The largest absolute Gasteiger partial charge is 0.489 e. The number of carbonyl (C=O) groups excluding carboxylic acids is 1. The van der Waals surface area contributed by atoms with Crippen LogP contribution in [0.4, 0.5) is 0 Å². The monoisotopic (exact) mass is 332 g/mol. The number of carbonyl (C=O) groups is 1. The van der Waals surface area contributed by atoms with E-state index in [1.54, 1.807) is 29.6 Å². The van der Waals surface area contributed by atoms with Gasteiger partial charge in [-0.25, -0.2) is 4.98 Å². The maximum Gasteiger partial charge on any atom is 0.274 e. The Kier molecular flexibility index (Phi) is 4.71. The highest BCUT2D eigenvalue weighted by Crippen LogP contribution is 2.26. The molecule has 7 heteroatoms. The van der Waals surface area contributed by atoms with E-state index in [1.165, 1.54) is 6.20 Å². The number of piperidine rings is 1. The molecule has 0 unspecified atom stereocenters. The first kappa shape index (κ1) is 15.7. The molecule has 1 fully saturated rings. The third-order valence-corrected chi connectivity index (χ3v) is 4.04. The molecule has 1 amide bonds. The van der Waals surface area contributed by atoms with Gasteiger partial charge in [0.1, 0.15) is 22.6 Å². The Morgan fingerprint density at radius 1 is 1.26 bits per heavy atom. The highest BCUT2D eigenvalue weighted by molar-refractivity contribution is 6.31. The van der Waals surface area contributed by atoms with Crippen molar-refractivity contribution in [3.05, 3.63) is 47.3 Å². The molecule has 1 aliphatic heterocycles. The summed E-state index contributed by atoms with van der Waals surface area (Å²) in [4.78, 5) is 26.4. The SMILES string of the molecule is Cc1cnc(C(=O)N2CCC(Oc3ccncc3Cl)CC2)cn1. The zero-order valence-electron chi connectivity index (χ0n) is 12.8. The second-order valence-corrected chi connectivity index (χ2v) is 5.87. The third kappa shape index (κ3) is 3.76. The van der Waals surface area contributed by atoms with Gasteiger partial charge in [0.15, 0.2) is 0 Å². The van der Waals surface area contributed by atoms with Crippen LogP contribution in [0.25, 0.3) is 0 Å². The van der Waals surface area contributed by atoms with E-state index in [2.05, 4.69) is 15.0 Å². The molecule has 120 valence electrons. The Labute approximate surface area is 139 Å². The number of aromatic nitrogens is 3. The summed E-state index contributed by atoms with van der Waals surface area (Å²) < 4.78 is 5.90. The molecule has 0 atom stereocenters. The van der Waals surface area contributed by atoms with Crippen molar-refractivity contribution in [3.8, 4) is 5.75 Å². The van der Waals surface area contributed by atoms with E-state index in [9.17, 15) is 4.79 Å². The molecular formula is C16H17ClN4O2. The Bertz CT molecular complexity index is 685. The summed E-state index contributed by atoms with van der Waals surface area (Å²) in [7, 11) is 0. The molecular weight excluding hydrogens is 316 g/mol. The lowest BCUT2D eigenvalue weighted by Crippen LogP contribution is -2.42. The fourth-order valence-corrected chi connectivity index (χ4v) is 2.64. The van der Waals surface area contributed by atoms with E-state index >= 15 is 0 Å². The number of halogens is 1. The van der Waals surface area contributed by atoms with Crippen molar-refractivity contribution >= 4 is 17.5 Å². The molecule has 3 heterocycles. The van der Waals surface area contributed by atoms with Gasteiger partial charge in [-0.05, 0) is 6.92 Å². The Morgan fingerprint density at radius 3 is 2.70 bits per heavy atom. The summed E-state index contributed by atoms with van der Waals surface area (Å²) >= 11 is 6.05. The number of nitrogens with zero attached hydrogens (tertiary/aromatic N) is 4. The molecule has 23 heavy (non-hydrogen) atoms. The van der Waals surface area contributed by atoms with Crippen LogP contribution in [0.15, 0.2) is 30.9 Å². The minimum atomic E-state index is -0.0853. The molecule has 0 aromatic carbocycles. The summed E-state index contributed by atoms with van der Waals surface area (Å²) in [5, 5.41) is 0.501. The number of aryl methyl sites for hydroxylation is 1. The van der Waals surface area contributed by atoms with Crippen LogP contribution in [0, 0.1) is 6.92 Å². The fourth-order valence-electron chi connectivity index (χ4n) is 2.48. The van der Waals surface area contributed by atoms with Crippen molar-refractivity contribution < 1.29 is 9.53 Å². The Hall–Kier alpha value is -2.21. The van der Waals surface area contributed by atoms with Crippen LogP contribution in [-0.4, -0.2) is 45.0 Å². The van der Waals surface area contributed by atoms with Crippen LogP contribution < -0.4 is 4.74 Å². The van der Waals surface area contributed by atoms with Crippen LogP contribution in [-0.2, 0) is 0 Å². The average Bonchev–Trinajstić information content (AvgIpc) is 2.58. The highest BCUT2D eigenvalue weighted by atomic mass is 35.5. The predicted octanol–water partition coefficient (Wildman–Crippen LogP) is 2.52. The van der Waals surface area contributed by atoms with Gasteiger partial charge < -0.3 is 9.64 Å². The number of likely N-dealkylation sites (tertiary alicyclic amines) is 1. The van der Waals surface area contributed by atoms with Gasteiger partial charge in [-0.1, -0.05) is 11.6 Å². The van der Waals surface area contributed by atoms with E-state index in [0.717, 1.165) is 18.5 Å². The van der Waals surface area contributed by atoms with Crippen molar-refractivity contribution in [2.75, 3.05) is 13.1 Å². The van der Waals surface area contributed by atoms with Gasteiger partial charge in [0.25, 0.3) is 5.91 Å². The quantitative estimate of drug-likeness (QED) is 0.864. The molecule has 0 saturated carbocycles. The normalized spacial score (nSPS) is 15.5. The zero-order valence-corrected chi connectivity index (χ0v) is 13.5. The first-order chi connectivity index (χ1) is 11.1. The topological polar surface area (TPSA) is 68.2 Å². The van der Waals surface area contributed by atoms with Crippen LogP contribution in [0.3, 0.4) is 0 Å². The van der Waals surface area contributed by atoms with Gasteiger partial charge in [0, 0.05) is 50.6 Å². The maximum absolute atomic E-state index is 12.4. The lowest BCUT2D eigenvalue weighted by Gasteiger charge is -2.32. The summed E-state index contributed by atoms with van der Waals surface area (Å²) in [6, 6.07) is 1.75.